The third kappa shape index (κ3) is 11.9. The third-order valence-corrected chi connectivity index (χ3v) is 12.1. The van der Waals surface area contributed by atoms with Crippen LogP contribution >= 0.6 is 0 Å². The molecule has 3 aromatic rings. The van der Waals surface area contributed by atoms with Gasteiger partial charge in [-0.25, -0.2) is 14.0 Å². The summed E-state index contributed by atoms with van der Waals surface area (Å²) in [5.74, 6) is -4.19. The topological polar surface area (TPSA) is 255 Å². The number of carbonyl (C=O) groups is 7. The van der Waals surface area contributed by atoms with Gasteiger partial charge < -0.3 is 46.3 Å². The van der Waals surface area contributed by atoms with Crippen molar-refractivity contribution < 1.29 is 47.8 Å². The van der Waals surface area contributed by atoms with Crippen molar-refractivity contribution in [1.82, 2.24) is 30.3 Å². The largest absolute Gasteiger partial charge is 0.487 e. The van der Waals surface area contributed by atoms with E-state index in [-0.39, 0.29) is 79.0 Å². The molecule has 354 valence electrons. The molecule has 1 saturated heterocycles. The second kappa shape index (κ2) is 21.9. The number of hydrogen-bond donors (Lipinski definition) is 6. The number of imide groups is 1. The molecule has 0 radical (unpaired) electrons. The first-order valence-electron chi connectivity index (χ1n) is 22.3. The van der Waals surface area contributed by atoms with E-state index >= 15 is 4.39 Å². The fourth-order valence-corrected chi connectivity index (χ4v) is 8.34. The summed E-state index contributed by atoms with van der Waals surface area (Å²) in [6, 6.07) is 5.50. The summed E-state index contributed by atoms with van der Waals surface area (Å²) >= 11 is 0. The highest BCUT2D eigenvalue weighted by molar-refractivity contribution is 6.12. The second-order valence-electron chi connectivity index (χ2n) is 17.2. The fraction of sp³-hybridized carbons (Fsp3) is 0.478. The van der Waals surface area contributed by atoms with Crippen molar-refractivity contribution in [2.75, 3.05) is 62.6 Å². The number of aromatic nitrogens is 1. The number of amides is 7. The number of carboxylic acid groups (broad SMARTS) is 1. The molecule has 19 nitrogen and oxygen atoms in total. The molecule has 4 heterocycles. The predicted octanol–water partition coefficient (Wildman–Crippen LogP) is 2.65. The second-order valence-corrected chi connectivity index (χ2v) is 17.2. The van der Waals surface area contributed by atoms with E-state index < -0.39 is 52.7 Å². The lowest BCUT2D eigenvalue weighted by Gasteiger charge is -2.38. The normalized spacial score (nSPS) is 16.8. The average Bonchev–Trinajstić information content (AvgIpc) is 3.60. The maximum absolute atomic E-state index is 15.8. The molecule has 0 saturated carbocycles. The van der Waals surface area contributed by atoms with Crippen LogP contribution < -0.4 is 42.1 Å². The number of carboxylic acids is 1. The molecule has 1 unspecified atom stereocenters. The van der Waals surface area contributed by atoms with Gasteiger partial charge in [-0.3, -0.25) is 38.6 Å². The molecular weight excluding hydrogens is 858 g/mol. The fourth-order valence-electron chi connectivity index (χ4n) is 8.34. The quantitative estimate of drug-likeness (QED) is 0.0667. The molecule has 66 heavy (non-hydrogen) atoms. The first kappa shape index (κ1) is 48.6. The van der Waals surface area contributed by atoms with E-state index in [1.165, 1.54) is 18.3 Å². The van der Waals surface area contributed by atoms with Gasteiger partial charge in [0.1, 0.15) is 29.9 Å². The minimum atomic E-state index is -1.37. The number of ether oxygens (including phenoxy) is 1. The SMILES string of the molecule is CC(C)C(NC(=O)CCCCCN1C(=O)C=CC1=O)C(=O)N[C@@H](CCCNC(N)=O)C(=O)Nc1ccc(CCN2CCN(c3c(F)cc4c(=O)c(C(=O)O)cn5c4c3OC[C@@H]5C)CC2)cc1. The van der Waals surface area contributed by atoms with Crippen LogP contribution in [0.3, 0.4) is 0 Å². The van der Waals surface area contributed by atoms with E-state index in [4.69, 9.17) is 10.5 Å². The van der Waals surface area contributed by atoms with Gasteiger partial charge in [0.2, 0.25) is 23.2 Å². The highest BCUT2D eigenvalue weighted by atomic mass is 19.1. The number of pyridine rings is 1. The Balaban J connectivity index is 0.998. The number of aromatic carboxylic acids is 1. The Bertz CT molecular complexity index is 2410. The van der Waals surface area contributed by atoms with Crippen LogP contribution in [-0.2, 0) is 30.4 Å². The van der Waals surface area contributed by atoms with E-state index in [0.717, 1.165) is 16.5 Å². The number of benzene rings is 2. The summed E-state index contributed by atoms with van der Waals surface area (Å²) in [5, 5.41) is 20.5. The van der Waals surface area contributed by atoms with Crippen LogP contribution in [0.4, 0.5) is 20.6 Å². The number of primary amides is 1. The molecule has 1 aromatic heterocycles. The number of nitrogens with two attached hydrogens (primary N) is 1. The standard InChI is InChI=1S/C46H58FN9O10/c1-27(2)38(52-35(57)9-5-4-6-18-55-36(58)14-15-37(55)59)44(62)51-34(8-7-17-49-46(48)65)43(61)50-30-12-10-29(11-13-30)16-19-53-20-22-54(23-21-53)40-33(47)24-31-39-42(40)66-26-28(3)56(39)25-32(41(31)60)45(63)64/h10-15,24-25,27-28,34,38H,4-9,16-23,26H2,1-3H3,(H,50,61)(H,51,62)(H,52,57)(H,63,64)(H3,48,49,65)/t28-,34-,38?/m0/s1. The Kier molecular flexibility index (Phi) is 16.1. The molecular formula is C46H58FN9O10. The van der Waals surface area contributed by atoms with Crippen LogP contribution in [0.5, 0.6) is 5.75 Å². The zero-order valence-corrected chi connectivity index (χ0v) is 37.4. The summed E-state index contributed by atoms with van der Waals surface area (Å²) in [4.78, 5) is 105. The molecule has 0 spiro atoms. The highest BCUT2D eigenvalue weighted by Crippen LogP contribution is 2.42. The smallest absolute Gasteiger partial charge is 0.341 e. The Morgan fingerprint density at radius 3 is 2.26 bits per heavy atom. The number of piperazine rings is 1. The molecule has 3 aliphatic rings. The zero-order chi connectivity index (χ0) is 47.7. The summed E-state index contributed by atoms with van der Waals surface area (Å²) in [7, 11) is 0. The lowest BCUT2D eigenvalue weighted by atomic mass is 10.0. The van der Waals surface area contributed by atoms with Crippen LogP contribution in [0, 0.1) is 11.7 Å². The van der Waals surface area contributed by atoms with Crippen molar-refractivity contribution in [2.24, 2.45) is 11.7 Å². The van der Waals surface area contributed by atoms with Gasteiger partial charge >= 0.3 is 12.0 Å². The third-order valence-electron chi connectivity index (χ3n) is 12.1. The van der Waals surface area contributed by atoms with Gasteiger partial charge in [0, 0.05) is 76.3 Å². The lowest BCUT2D eigenvalue weighted by molar-refractivity contribution is -0.137. The number of nitrogens with one attached hydrogen (secondary N) is 4. The number of unbranched alkanes of at least 4 members (excludes halogenated alkanes) is 2. The van der Waals surface area contributed by atoms with Crippen LogP contribution in [0.15, 0.2) is 53.5 Å². The Hall–Kier alpha value is -6.83. The van der Waals surface area contributed by atoms with Crippen LogP contribution in [-0.4, -0.2) is 126 Å². The summed E-state index contributed by atoms with van der Waals surface area (Å²) in [5.41, 5.74) is 6.17. The molecule has 6 rings (SSSR count). The molecule has 2 aromatic carbocycles. The van der Waals surface area contributed by atoms with Gasteiger partial charge in [-0.2, -0.15) is 0 Å². The number of nitrogens with zero attached hydrogens (tertiary/aromatic N) is 4. The first-order chi connectivity index (χ1) is 31.5. The minimum absolute atomic E-state index is 0.0327. The monoisotopic (exact) mass is 915 g/mol. The number of urea groups is 1. The van der Waals surface area contributed by atoms with Crippen molar-refractivity contribution in [2.45, 2.75) is 83.8 Å². The van der Waals surface area contributed by atoms with E-state index in [9.17, 15) is 43.5 Å². The molecule has 20 heteroatoms. The molecule has 0 aliphatic carbocycles. The van der Waals surface area contributed by atoms with E-state index in [2.05, 4.69) is 26.2 Å². The number of carbonyl (C=O) groups excluding carboxylic acids is 6. The zero-order valence-electron chi connectivity index (χ0n) is 37.4. The molecule has 7 N–H and O–H groups in total. The molecule has 3 aliphatic heterocycles. The lowest BCUT2D eigenvalue weighted by Crippen LogP contribution is -2.54. The van der Waals surface area contributed by atoms with Gasteiger partial charge in [-0.05, 0) is 68.7 Å². The maximum atomic E-state index is 15.8. The van der Waals surface area contributed by atoms with E-state index in [1.54, 1.807) is 30.5 Å². The van der Waals surface area contributed by atoms with Gasteiger partial charge in [0.05, 0.1) is 16.9 Å². The van der Waals surface area contributed by atoms with Gasteiger partial charge in [-0.1, -0.05) is 32.4 Å². The van der Waals surface area contributed by atoms with Crippen molar-refractivity contribution in [3.63, 3.8) is 0 Å². The van der Waals surface area contributed by atoms with Crippen molar-refractivity contribution >= 4 is 63.8 Å². The highest BCUT2D eigenvalue weighted by Gasteiger charge is 2.32. The summed E-state index contributed by atoms with van der Waals surface area (Å²) < 4.78 is 23.5. The van der Waals surface area contributed by atoms with Crippen LogP contribution in [0.2, 0.25) is 0 Å². The Morgan fingerprint density at radius 2 is 1.61 bits per heavy atom. The number of rotatable bonds is 21. The summed E-state index contributed by atoms with van der Waals surface area (Å²) in [6.45, 7) is 8.96. The van der Waals surface area contributed by atoms with E-state index in [0.29, 0.717) is 76.0 Å². The molecule has 0 bridgehead atoms. The minimum Gasteiger partial charge on any atom is -0.487 e. The number of anilines is 2. The van der Waals surface area contributed by atoms with Crippen molar-refractivity contribution in [3.8, 4) is 5.75 Å². The molecule has 7 amide bonds. The predicted molar refractivity (Wildman–Crippen MR) is 243 cm³/mol. The van der Waals surface area contributed by atoms with E-state index in [1.807, 2.05) is 24.0 Å². The van der Waals surface area contributed by atoms with Crippen LogP contribution in [0.1, 0.15) is 81.3 Å². The van der Waals surface area contributed by atoms with Gasteiger partial charge in [0.25, 0.3) is 11.8 Å². The Morgan fingerprint density at radius 1 is 0.909 bits per heavy atom. The molecule has 1 fully saturated rings. The number of hydrogen-bond acceptors (Lipinski definition) is 11. The maximum Gasteiger partial charge on any atom is 0.341 e. The van der Waals surface area contributed by atoms with Crippen LogP contribution in [0.25, 0.3) is 10.9 Å². The average molecular weight is 916 g/mol. The Labute approximate surface area is 380 Å². The van der Waals surface area contributed by atoms with Crippen molar-refractivity contribution in [1.29, 1.82) is 0 Å². The number of halogens is 1. The molecule has 3 atom stereocenters. The van der Waals surface area contributed by atoms with Gasteiger partial charge in [0.15, 0.2) is 11.6 Å². The first-order valence-corrected chi connectivity index (χ1v) is 22.3. The van der Waals surface area contributed by atoms with Crippen molar-refractivity contribution in [3.05, 3.63) is 75.8 Å². The van der Waals surface area contributed by atoms with Gasteiger partial charge in [-0.15, -0.1) is 0 Å². The summed E-state index contributed by atoms with van der Waals surface area (Å²) in [6.07, 6.45) is 6.66.